The highest BCUT2D eigenvalue weighted by molar-refractivity contribution is 9.11. The molecule has 2 rings (SSSR count). The topological polar surface area (TPSA) is 12.0 Å². The first-order chi connectivity index (χ1) is 9.52. The van der Waals surface area contributed by atoms with Gasteiger partial charge in [0.2, 0.25) is 0 Å². The molecular formula is C15H13Br3FN. The molecule has 2 aromatic carbocycles. The van der Waals surface area contributed by atoms with E-state index in [0.717, 1.165) is 20.1 Å². The molecule has 1 atom stereocenters. The van der Waals surface area contributed by atoms with Crippen molar-refractivity contribution >= 4 is 47.8 Å². The Morgan fingerprint density at radius 1 is 1.15 bits per heavy atom. The van der Waals surface area contributed by atoms with Gasteiger partial charge in [0.25, 0.3) is 0 Å². The quantitative estimate of drug-likeness (QED) is 0.618. The van der Waals surface area contributed by atoms with Crippen molar-refractivity contribution in [3.05, 3.63) is 66.8 Å². The second-order valence-corrected chi connectivity index (χ2v) is 6.99. The lowest BCUT2D eigenvalue weighted by atomic mass is 9.99. The summed E-state index contributed by atoms with van der Waals surface area (Å²) < 4.78 is 16.2. The van der Waals surface area contributed by atoms with Crippen LogP contribution in [0.15, 0.2) is 49.8 Å². The van der Waals surface area contributed by atoms with Gasteiger partial charge in [0.1, 0.15) is 5.82 Å². The van der Waals surface area contributed by atoms with Gasteiger partial charge >= 0.3 is 0 Å². The summed E-state index contributed by atoms with van der Waals surface area (Å²) in [7, 11) is 1.91. The smallest absolute Gasteiger partial charge is 0.137 e. The molecule has 20 heavy (non-hydrogen) atoms. The maximum atomic E-state index is 13.6. The van der Waals surface area contributed by atoms with Gasteiger partial charge in [-0.3, -0.25) is 0 Å². The van der Waals surface area contributed by atoms with Crippen LogP contribution in [0.3, 0.4) is 0 Å². The Balaban J connectivity index is 2.31. The van der Waals surface area contributed by atoms with E-state index in [1.165, 1.54) is 6.07 Å². The second-order valence-electron chi connectivity index (χ2n) is 4.42. The Hall–Kier alpha value is -0.230. The molecule has 0 aliphatic heterocycles. The molecule has 106 valence electrons. The summed E-state index contributed by atoms with van der Waals surface area (Å²) in [6.45, 7) is 0. The van der Waals surface area contributed by atoms with Crippen LogP contribution >= 0.6 is 47.8 Å². The van der Waals surface area contributed by atoms with Gasteiger partial charge in [-0.25, -0.2) is 4.39 Å². The highest BCUT2D eigenvalue weighted by Gasteiger charge is 2.16. The van der Waals surface area contributed by atoms with Gasteiger partial charge in [-0.1, -0.05) is 50.1 Å². The summed E-state index contributed by atoms with van der Waals surface area (Å²) in [5.41, 5.74) is 2.09. The van der Waals surface area contributed by atoms with Gasteiger partial charge in [-0.2, -0.15) is 0 Å². The lowest BCUT2D eigenvalue weighted by Crippen LogP contribution is -2.19. The zero-order chi connectivity index (χ0) is 14.7. The SMILES string of the molecule is CNC(Cc1cccc(F)c1Br)c1ccc(Br)cc1Br. The molecule has 0 fully saturated rings. The minimum Gasteiger partial charge on any atom is -0.313 e. The number of halogens is 4. The van der Waals surface area contributed by atoms with Crippen molar-refractivity contribution in [2.24, 2.45) is 0 Å². The second kappa shape index (κ2) is 7.16. The molecule has 2 aromatic rings. The molecule has 0 radical (unpaired) electrons. The first-order valence-electron chi connectivity index (χ1n) is 6.08. The molecule has 0 amide bonds. The van der Waals surface area contributed by atoms with Gasteiger partial charge in [0, 0.05) is 15.0 Å². The molecule has 0 spiro atoms. The van der Waals surface area contributed by atoms with Crippen LogP contribution in [0.25, 0.3) is 0 Å². The lowest BCUT2D eigenvalue weighted by Gasteiger charge is -2.19. The Morgan fingerprint density at radius 3 is 2.55 bits per heavy atom. The Labute approximate surface area is 143 Å². The van der Waals surface area contributed by atoms with Gasteiger partial charge in [-0.15, -0.1) is 0 Å². The van der Waals surface area contributed by atoms with Gasteiger partial charge in [0.15, 0.2) is 0 Å². The summed E-state index contributed by atoms with van der Waals surface area (Å²) in [6.07, 6.45) is 0.703. The zero-order valence-electron chi connectivity index (χ0n) is 10.8. The van der Waals surface area contributed by atoms with Crippen molar-refractivity contribution in [1.82, 2.24) is 5.32 Å². The van der Waals surface area contributed by atoms with E-state index in [2.05, 4.69) is 59.2 Å². The highest BCUT2D eigenvalue weighted by atomic mass is 79.9. The molecule has 0 saturated carbocycles. The summed E-state index contributed by atoms with van der Waals surface area (Å²) in [5.74, 6) is -0.229. The van der Waals surface area contributed by atoms with E-state index in [-0.39, 0.29) is 11.9 Å². The van der Waals surface area contributed by atoms with Crippen molar-refractivity contribution in [1.29, 1.82) is 0 Å². The van der Waals surface area contributed by atoms with E-state index in [1.54, 1.807) is 6.07 Å². The monoisotopic (exact) mass is 463 g/mol. The predicted molar refractivity (Wildman–Crippen MR) is 91.4 cm³/mol. The van der Waals surface area contributed by atoms with E-state index in [9.17, 15) is 4.39 Å². The number of likely N-dealkylation sites (N-methyl/N-ethyl adjacent to an activating group) is 1. The number of benzene rings is 2. The van der Waals surface area contributed by atoms with Crippen molar-refractivity contribution in [2.45, 2.75) is 12.5 Å². The minimum absolute atomic E-state index is 0.107. The molecule has 0 aliphatic rings. The Morgan fingerprint density at radius 2 is 1.90 bits per heavy atom. The van der Waals surface area contributed by atoms with E-state index >= 15 is 0 Å². The van der Waals surface area contributed by atoms with Crippen molar-refractivity contribution < 1.29 is 4.39 Å². The van der Waals surface area contributed by atoms with Gasteiger partial charge in [-0.05, 0) is 58.7 Å². The number of hydrogen-bond donors (Lipinski definition) is 1. The predicted octanol–water partition coefficient (Wildman–Crippen LogP) is 5.62. The third kappa shape index (κ3) is 3.70. The van der Waals surface area contributed by atoms with Crippen LogP contribution in [0.5, 0.6) is 0 Å². The molecule has 0 bridgehead atoms. The normalized spacial score (nSPS) is 12.4. The fourth-order valence-corrected chi connectivity index (χ4v) is 3.83. The summed E-state index contributed by atoms with van der Waals surface area (Å²) in [4.78, 5) is 0. The highest BCUT2D eigenvalue weighted by Crippen LogP contribution is 2.31. The fraction of sp³-hybridized carbons (Fsp3) is 0.200. The minimum atomic E-state index is -0.229. The van der Waals surface area contributed by atoms with E-state index in [0.29, 0.717) is 10.9 Å². The third-order valence-electron chi connectivity index (χ3n) is 3.14. The van der Waals surface area contributed by atoms with E-state index in [4.69, 9.17) is 0 Å². The van der Waals surface area contributed by atoms with Crippen molar-refractivity contribution in [3.8, 4) is 0 Å². The van der Waals surface area contributed by atoms with Crippen LogP contribution < -0.4 is 5.32 Å². The molecule has 0 aromatic heterocycles. The lowest BCUT2D eigenvalue weighted by molar-refractivity contribution is 0.578. The summed E-state index contributed by atoms with van der Waals surface area (Å²) in [6, 6.07) is 11.3. The molecule has 0 saturated heterocycles. The van der Waals surface area contributed by atoms with Crippen LogP contribution in [0.1, 0.15) is 17.2 Å². The first kappa shape index (κ1) is 16.1. The fourth-order valence-electron chi connectivity index (χ4n) is 2.08. The maximum Gasteiger partial charge on any atom is 0.137 e. The van der Waals surface area contributed by atoms with Crippen LogP contribution in [-0.2, 0) is 6.42 Å². The first-order valence-corrected chi connectivity index (χ1v) is 8.46. The third-order valence-corrected chi connectivity index (χ3v) is 5.21. The molecule has 0 heterocycles. The average Bonchev–Trinajstić information content (AvgIpc) is 2.41. The van der Waals surface area contributed by atoms with Crippen LogP contribution in [0.4, 0.5) is 4.39 Å². The molecule has 1 N–H and O–H groups in total. The van der Waals surface area contributed by atoms with Crippen molar-refractivity contribution in [3.63, 3.8) is 0 Å². The van der Waals surface area contributed by atoms with Crippen LogP contribution in [0.2, 0.25) is 0 Å². The van der Waals surface area contributed by atoms with Crippen molar-refractivity contribution in [2.75, 3.05) is 7.05 Å². The maximum absolute atomic E-state index is 13.6. The molecule has 0 aliphatic carbocycles. The molecule has 5 heteroatoms. The number of hydrogen-bond acceptors (Lipinski definition) is 1. The Kier molecular flexibility index (Phi) is 5.78. The molecule has 1 nitrogen and oxygen atoms in total. The largest absolute Gasteiger partial charge is 0.313 e. The standard InChI is InChI=1S/C15H13Br3FN/c1-20-14(11-6-5-10(16)8-12(11)17)7-9-3-2-4-13(19)15(9)18/h2-6,8,14,20H,7H2,1H3. The summed E-state index contributed by atoms with van der Waals surface area (Å²) >= 11 is 10.3. The van der Waals surface area contributed by atoms with E-state index < -0.39 is 0 Å². The van der Waals surface area contributed by atoms with Gasteiger partial charge < -0.3 is 5.32 Å². The zero-order valence-corrected chi connectivity index (χ0v) is 15.5. The van der Waals surface area contributed by atoms with Crippen LogP contribution in [-0.4, -0.2) is 7.05 Å². The Bertz CT molecular complexity index is 616. The number of rotatable bonds is 4. The van der Waals surface area contributed by atoms with Gasteiger partial charge in [0.05, 0.1) is 4.47 Å². The van der Waals surface area contributed by atoms with Crippen LogP contribution in [0, 0.1) is 5.82 Å². The number of nitrogens with one attached hydrogen (secondary N) is 1. The molecular weight excluding hydrogens is 453 g/mol. The average molecular weight is 466 g/mol. The van der Waals surface area contributed by atoms with E-state index in [1.807, 2.05) is 25.2 Å². The molecule has 1 unspecified atom stereocenters. The summed E-state index contributed by atoms with van der Waals surface area (Å²) in [5, 5.41) is 3.29.